The van der Waals surface area contributed by atoms with Gasteiger partial charge < -0.3 is 10.1 Å². The number of anilines is 2. The van der Waals surface area contributed by atoms with Crippen LogP contribution in [-0.2, 0) is 14.8 Å². The Kier molecular flexibility index (Phi) is 7.43. The van der Waals surface area contributed by atoms with Crippen LogP contribution in [0.5, 0.6) is 5.75 Å². The van der Waals surface area contributed by atoms with Crippen LogP contribution in [0, 0.1) is 13.8 Å². The van der Waals surface area contributed by atoms with Crippen LogP contribution >= 0.6 is 11.6 Å². The number of ether oxygens (including phenoxy) is 1. The Hall–Kier alpha value is -3.03. The summed E-state index contributed by atoms with van der Waals surface area (Å²) in [5, 5.41) is 3.24. The Labute approximate surface area is 193 Å². The van der Waals surface area contributed by atoms with Crippen molar-refractivity contribution in [2.24, 2.45) is 0 Å². The lowest BCUT2D eigenvalue weighted by Gasteiger charge is -2.26. The first-order valence-corrected chi connectivity index (χ1v) is 11.9. The maximum atomic E-state index is 13.5. The number of rotatable bonds is 8. The van der Waals surface area contributed by atoms with Crippen molar-refractivity contribution in [2.75, 3.05) is 22.8 Å². The molecule has 0 bridgehead atoms. The Balaban J connectivity index is 1.98. The number of sulfonamides is 1. The molecule has 1 N–H and O–H groups in total. The van der Waals surface area contributed by atoms with Gasteiger partial charge in [-0.15, -0.1) is 0 Å². The minimum Gasteiger partial charge on any atom is -0.492 e. The van der Waals surface area contributed by atoms with Crippen LogP contribution in [0.4, 0.5) is 11.4 Å². The van der Waals surface area contributed by atoms with Gasteiger partial charge in [-0.2, -0.15) is 0 Å². The second-order valence-corrected chi connectivity index (χ2v) is 9.53. The number of halogens is 1. The minimum atomic E-state index is -4.02. The highest BCUT2D eigenvalue weighted by atomic mass is 35.5. The van der Waals surface area contributed by atoms with E-state index in [0.29, 0.717) is 34.3 Å². The molecular weight excluding hydrogens is 448 g/mol. The molecule has 0 aliphatic carbocycles. The van der Waals surface area contributed by atoms with Crippen LogP contribution in [0.3, 0.4) is 0 Å². The number of aryl methyl sites for hydroxylation is 2. The highest BCUT2D eigenvalue weighted by Gasteiger charge is 2.28. The third kappa shape index (κ3) is 5.41. The van der Waals surface area contributed by atoms with E-state index in [1.165, 1.54) is 12.1 Å². The lowest BCUT2D eigenvalue weighted by Crippen LogP contribution is -2.38. The summed E-state index contributed by atoms with van der Waals surface area (Å²) in [6, 6.07) is 18.4. The molecule has 0 fully saturated rings. The molecule has 0 heterocycles. The van der Waals surface area contributed by atoms with E-state index < -0.39 is 22.5 Å². The van der Waals surface area contributed by atoms with E-state index in [0.717, 1.165) is 9.87 Å². The normalized spacial score (nSPS) is 11.1. The molecule has 0 atom stereocenters. The molecule has 0 aliphatic rings. The van der Waals surface area contributed by atoms with Gasteiger partial charge in [0, 0.05) is 5.02 Å². The highest BCUT2D eigenvalue weighted by molar-refractivity contribution is 7.92. The van der Waals surface area contributed by atoms with Gasteiger partial charge >= 0.3 is 0 Å². The average molecular weight is 473 g/mol. The standard InChI is InChI=1S/C24H25ClN2O4S/c1-4-31-23-8-6-5-7-21(23)26-24(28)16-27(22-14-11-19(25)15-18(22)3)32(29,30)20-12-9-17(2)10-13-20/h5-15H,4,16H2,1-3H3,(H,26,28). The molecule has 0 unspecified atom stereocenters. The largest absolute Gasteiger partial charge is 0.492 e. The molecule has 0 aliphatic heterocycles. The van der Waals surface area contributed by atoms with Crippen molar-refractivity contribution in [1.29, 1.82) is 0 Å². The number of hydrogen-bond acceptors (Lipinski definition) is 4. The van der Waals surface area contributed by atoms with Crippen molar-refractivity contribution in [3.8, 4) is 5.75 Å². The van der Waals surface area contributed by atoms with Crippen molar-refractivity contribution < 1.29 is 17.9 Å². The molecule has 0 aromatic heterocycles. The molecule has 0 radical (unpaired) electrons. The van der Waals surface area contributed by atoms with Crippen molar-refractivity contribution in [3.05, 3.63) is 82.9 Å². The van der Waals surface area contributed by atoms with E-state index in [9.17, 15) is 13.2 Å². The Morgan fingerprint density at radius 2 is 1.72 bits per heavy atom. The monoisotopic (exact) mass is 472 g/mol. The fourth-order valence-corrected chi connectivity index (χ4v) is 4.92. The van der Waals surface area contributed by atoms with Crippen LogP contribution in [-0.4, -0.2) is 27.5 Å². The summed E-state index contributed by atoms with van der Waals surface area (Å²) in [4.78, 5) is 13.1. The van der Waals surface area contributed by atoms with Gasteiger partial charge in [-0.1, -0.05) is 41.4 Å². The summed E-state index contributed by atoms with van der Waals surface area (Å²) in [5.74, 6) is 0.0150. The molecule has 32 heavy (non-hydrogen) atoms. The SMILES string of the molecule is CCOc1ccccc1NC(=O)CN(c1ccc(Cl)cc1C)S(=O)(=O)c1ccc(C)cc1. The van der Waals surface area contributed by atoms with E-state index in [4.69, 9.17) is 16.3 Å². The number of nitrogens with one attached hydrogen (secondary N) is 1. The summed E-state index contributed by atoms with van der Waals surface area (Å²) in [7, 11) is -4.02. The number of benzene rings is 3. The summed E-state index contributed by atoms with van der Waals surface area (Å²) < 4.78 is 33.7. The molecule has 3 aromatic carbocycles. The maximum absolute atomic E-state index is 13.5. The van der Waals surface area contributed by atoms with Gasteiger partial charge in [0.1, 0.15) is 12.3 Å². The van der Waals surface area contributed by atoms with E-state index in [-0.39, 0.29) is 4.90 Å². The van der Waals surface area contributed by atoms with E-state index in [1.54, 1.807) is 61.5 Å². The number of hydrogen-bond donors (Lipinski definition) is 1. The van der Waals surface area contributed by atoms with Crippen LogP contribution in [0.25, 0.3) is 0 Å². The van der Waals surface area contributed by atoms with Crippen LogP contribution in [0.1, 0.15) is 18.1 Å². The zero-order valence-electron chi connectivity index (χ0n) is 18.1. The lowest BCUT2D eigenvalue weighted by molar-refractivity contribution is -0.114. The van der Waals surface area contributed by atoms with Gasteiger partial charge in [0.05, 0.1) is 22.9 Å². The molecule has 3 rings (SSSR count). The number of carbonyl (C=O) groups is 1. The first kappa shape index (κ1) is 23.6. The number of amides is 1. The van der Waals surface area contributed by atoms with Crippen molar-refractivity contribution in [1.82, 2.24) is 0 Å². The van der Waals surface area contributed by atoms with Gasteiger partial charge in [-0.25, -0.2) is 8.42 Å². The van der Waals surface area contributed by atoms with Crippen LogP contribution in [0.2, 0.25) is 5.02 Å². The molecule has 0 spiro atoms. The third-order valence-electron chi connectivity index (χ3n) is 4.78. The summed E-state index contributed by atoms with van der Waals surface area (Å²) >= 11 is 6.07. The first-order valence-electron chi connectivity index (χ1n) is 10.1. The van der Waals surface area contributed by atoms with E-state index in [2.05, 4.69) is 5.32 Å². The van der Waals surface area contributed by atoms with Crippen LogP contribution in [0.15, 0.2) is 71.6 Å². The zero-order chi connectivity index (χ0) is 23.3. The summed E-state index contributed by atoms with van der Waals surface area (Å²) in [5.41, 5.74) is 2.42. The van der Waals surface area contributed by atoms with Crippen LogP contribution < -0.4 is 14.4 Å². The number of para-hydroxylation sites is 2. The fourth-order valence-electron chi connectivity index (χ4n) is 3.21. The topological polar surface area (TPSA) is 75.7 Å². The van der Waals surface area contributed by atoms with E-state index >= 15 is 0 Å². The molecule has 0 saturated heterocycles. The molecule has 0 saturated carbocycles. The second-order valence-electron chi connectivity index (χ2n) is 7.23. The highest BCUT2D eigenvalue weighted by Crippen LogP contribution is 2.30. The van der Waals surface area contributed by atoms with Gasteiger partial charge in [0.2, 0.25) is 5.91 Å². The quantitative estimate of drug-likeness (QED) is 0.489. The zero-order valence-corrected chi connectivity index (χ0v) is 19.7. The Bertz CT molecular complexity index is 1210. The maximum Gasteiger partial charge on any atom is 0.264 e. The average Bonchev–Trinajstić information content (AvgIpc) is 2.74. The van der Waals surface area contributed by atoms with Crippen molar-refractivity contribution in [3.63, 3.8) is 0 Å². The predicted octanol–water partition coefficient (Wildman–Crippen LogP) is 5.19. The summed E-state index contributed by atoms with van der Waals surface area (Å²) in [6.45, 7) is 5.49. The predicted molar refractivity (Wildman–Crippen MR) is 128 cm³/mol. The Morgan fingerprint density at radius 3 is 2.38 bits per heavy atom. The van der Waals surface area contributed by atoms with Crippen molar-refractivity contribution >= 4 is 38.9 Å². The molecule has 168 valence electrons. The number of carbonyl (C=O) groups excluding carboxylic acids is 1. The molecule has 1 amide bonds. The Morgan fingerprint density at radius 1 is 1.03 bits per heavy atom. The first-order chi connectivity index (χ1) is 15.2. The molecule has 8 heteroatoms. The minimum absolute atomic E-state index is 0.0972. The molecule has 6 nitrogen and oxygen atoms in total. The second kappa shape index (κ2) is 10.1. The molecular formula is C24H25ClN2O4S. The third-order valence-corrected chi connectivity index (χ3v) is 6.79. The lowest BCUT2D eigenvalue weighted by atomic mass is 10.2. The van der Waals surface area contributed by atoms with Gasteiger partial charge in [-0.05, 0) is 68.8 Å². The summed E-state index contributed by atoms with van der Waals surface area (Å²) in [6.07, 6.45) is 0. The number of nitrogens with zero attached hydrogens (tertiary/aromatic N) is 1. The smallest absolute Gasteiger partial charge is 0.264 e. The van der Waals surface area contributed by atoms with Gasteiger partial charge in [0.25, 0.3) is 10.0 Å². The van der Waals surface area contributed by atoms with E-state index in [1.807, 2.05) is 13.8 Å². The van der Waals surface area contributed by atoms with Gasteiger partial charge in [-0.3, -0.25) is 9.10 Å². The molecule has 3 aromatic rings. The van der Waals surface area contributed by atoms with Crippen molar-refractivity contribution in [2.45, 2.75) is 25.7 Å². The fraction of sp³-hybridized carbons (Fsp3) is 0.208. The van der Waals surface area contributed by atoms with Gasteiger partial charge in [0.15, 0.2) is 0 Å².